The van der Waals surface area contributed by atoms with E-state index in [1.807, 2.05) is 0 Å². The van der Waals surface area contributed by atoms with Gasteiger partial charge in [-0.1, -0.05) is 0 Å². The molecule has 0 bridgehead atoms. The molecular weight excluding hydrogens is 174 g/mol. The summed E-state index contributed by atoms with van der Waals surface area (Å²) in [5.41, 5.74) is 5.40. The van der Waals surface area contributed by atoms with Crippen molar-refractivity contribution < 1.29 is 19.4 Å². The number of nitrogens with two attached hydrogens (primary N) is 1. The fourth-order valence-electron chi connectivity index (χ4n) is 0.811. The largest absolute Gasteiger partial charge is 0.459 e. The number of ether oxygens (including phenoxy) is 2. The molecule has 13 heavy (non-hydrogen) atoms. The molecule has 3 N–H and O–H groups in total. The van der Waals surface area contributed by atoms with Crippen LogP contribution < -0.4 is 5.73 Å². The highest BCUT2D eigenvalue weighted by Crippen LogP contribution is 1.97. The molecular formula is C8H17NO4. The summed E-state index contributed by atoms with van der Waals surface area (Å²) < 4.78 is 9.68. The minimum Gasteiger partial charge on any atom is -0.459 e. The van der Waals surface area contributed by atoms with Gasteiger partial charge < -0.3 is 20.3 Å². The van der Waals surface area contributed by atoms with E-state index in [0.717, 1.165) is 0 Å². The van der Waals surface area contributed by atoms with Crippen LogP contribution in [0.1, 0.15) is 13.3 Å². The molecule has 0 aliphatic carbocycles. The van der Waals surface area contributed by atoms with E-state index in [0.29, 0.717) is 6.61 Å². The lowest BCUT2D eigenvalue weighted by Gasteiger charge is -2.15. The second-order valence-corrected chi connectivity index (χ2v) is 2.82. The van der Waals surface area contributed by atoms with Crippen LogP contribution in [0.2, 0.25) is 0 Å². The van der Waals surface area contributed by atoms with Gasteiger partial charge >= 0.3 is 5.97 Å². The summed E-state index contributed by atoms with van der Waals surface area (Å²) in [5.74, 6) is -0.501. The van der Waals surface area contributed by atoms with Gasteiger partial charge in [-0.15, -0.1) is 0 Å². The van der Waals surface area contributed by atoms with Crippen LogP contribution in [0, 0.1) is 0 Å². The molecule has 5 nitrogen and oxygen atoms in total. The van der Waals surface area contributed by atoms with E-state index in [-0.39, 0.29) is 19.1 Å². The fraction of sp³-hybridized carbons (Fsp3) is 0.875. The maximum absolute atomic E-state index is 11.1. The highest BCUT2D eigenvalue weighted by molar-refractivity contribution is 5.75. The lowest BCUT2D eigenvalue weighted by atomic mass is 10.2. The van der Waals surface area contributed by atoms with Gasteiger partial charge in [-0.2, -0.15) is 0 Å². The van der Waals surface area contributed by atoms with Crippen LogP contribution in [0.5, 0.6) is 0 Å². The number of carbonyl (C=O) groups excluding carboxylic acids is 1. The average molecular weight is 191 g/mol. The summed E-state index contributed by atoms with van der Waals surface area (Å²) in [7, 11) is 1.53. The number of hydrogen-bond donors (Lipinski definition) is 2. The maximum atomic E-state index is 11.1. The Labute approximate surface area is 77.8 Å². The van der Waals surface area contributed by atoms with Crippen LogP contribution in [0.3, 0.4) is 0 Å². The second-order valence-electron chi connectivity index (χ2n) is 2.82. The Morgan fingerprint density at radius 1 is 1.62 bits per heavy atom. The van der Waals surface area contributed by atoms with Crippen LogP contribution >= 0.6 is 0 Å². The number of esters is 1. The van der Waals surface area contributed by atoms with Crippen molar-refractivity contribution in [1.82, 2.24) is 0 Å². The monoisotopic (exact) mass is 191 g/mol. The maximum Gasteiger partial charge on any atom is 0.323 e. The predicted molar refractivity (Wildman–Crippen MR) is 47.1 cm³/mol. The van der Waals surface area contributed by atoms with E-state index in [2.05, 4.69) is 0 Å². The molecule has 0 heterocycles. The molecule has 0 amide bonds. The molecule has 5 heteroatoms. The first-order valence-corrected chi connectivity index (χ1v) is 4.17. The summed E-state index contributed by atoms with van der Waals surface area (Å²) in [6.07, 6.45) is -0.0827. The Bertz CT molecular complexity index is 151. The van der Waals surface area contributed by atoms with E-state index in [1.54, 1.807) is 6.92 Å². The first-order valence-electron chi connectivity index (χ1n) is 4.17. The van der Waals surface area contributed by atoms with E-state index in [4.69, 9.17) is 20.3 Å². The fourth-order valence-corrected chi connectivity index (χ4v) is 0.811. The van der Waals surface area contributed by atoms with Crippen LogP contribution in [-0.4, -0.2) is 43.5 Å². The Balaban J connectivity index is 3.71. The quantitative estimate of drug-likeness (QED) is 0.541. The molecule has 0 aromatic rings. The minimum atomic E-state index is -0.746. The first kappa shape index (κ1) is 12.3. The molecule has 0 rings (SSSR count). The third-order valence-corrected chi connectivity index (χ3v) is 1.46. The van der Waals surface area contributed by atoms with Gasteiger partial charge in [-0.05, 0) is 13.3 Å². The van der Waals surface area contributed by atoms with Crippen LogP contribution in [0.15, 0.2) is 0 Å². The number of hydrogen-bond acceptors (Lipinski definition) is 5. The molecule has 78 valence electrons. The number of aliphatic hydroxyl groups is 1. The molecule has 0 spiro atoms. The van der Waals surface area contributed by atoms with Crippen molar-refractivity contribution in [3.8, 4) is 0 Å². The lowest BCUT2D eigenvalue weighted by Crippen LogP contribution is -2.36. The second kappa shape index (κ2) is 6.82. The van der Waals surface area contributed by atoms with Gasteiger partial charge in [0.1, 0.15) is 12.1 Å². The Hall–Kier alpha value is -0.650. The van der Waals surface area contributed by atoms with Gasteiger partial charge in [0, 0.05) is 13.7 Å². The van der Waals surface area contributed by atoms with Crippen molar-refractivity contribution in [2.45, 2.75) is 25.5 Å². The molecule has 0 aliphatic rings. The molecule has 0 saturated carbocycles. The van der Waals surface area contributed by atoms with Gasteiger partial charge in [-0.3, -0.25) is 4.79 Å². The van der Waals surface area contributed by atoms with Crippen LogP contribution in [-0.2, 0) is 14.3 Å². The third-order valence-electron chi connectivity index (χ3n) is 1.46. The van der Waals surface area contributed by atoms with Gasteiger partial charge in [0.25, 0.3) is 0 Å². The van der Waals surface area contributed by atoms with Crippen molar-refractivity contribution in [2.24, 2.45) is 5.73 Å². The number of methoxy groups -OCH3 is 1. The summed E-state index contributed by atoms with van der Waals surface area (Å²) in [6, 6.07) is -0.746. The van der Waals surface area contributed by atoms with E-state index >= 15 is 0 Å². The third kappa shape index (κ3) is 5.57. The zero-order chi connectivity index (χ0) is 10.3. The zero-order valence-electron chi connectivity index (χ0n) is 8.03. The van der Waals surface area contributed by atoms with E-state index < -0.39 is 12.0 Å². The lowest BCUT2D eigenvalue weighted by molar-refractivity contribution is -0.152. The van der Waals surface area contributed by atoms with Gasteiger partial charge in [0.15, 0.2) is 0 Å². The topological polar surface area (TPSA) is 81.8 Å². The average Bonchev–Trinajstić information content (AvgIpc) is 2.05. The molecule has 0 aromatic heterocycles. The molecule has 0 saturated heterocycles. The van der Waals surface area contributed by atoms with Crippen LogP contribution in [0.25, 0.3) is 0 Å². The van der Waals surface area contributed by atoms with Crippen molar-refractivity contribution >= 4 is 5.97 Å². The molecule has 0 fully saturated rings. The van der Waals surface area contributed by atoms with Crippen molar-refractivity contribution in [2.75, 3.05) is 20.3 Å². The molecule has 1 unspecified atom stereocenters. The Morgan fingerprint density at radius 2 is 2.23 bits per heavy atom. The van der Waals surface area contributed by atoms with Gasteiger partial charge in [0.2, 0.25) is 0 Å². The molecule has 0 aliphatic heterocycles. The normalized spacial score (nSPS) is 15.1. The van der Waals surface area contributed by atoms with E-state index in [9.17, 15) is 4.79 Å². The SMILES string of the molecule is COCC(C)OC(=O)[C@@H](N)CCO. The summed E-state index contributed by atoms with van der Waals surface area (Å²) in [5, 5.41) is 8.51. The zero-order valence-corrected chi connectivity index (χ0v) is 8.03. The Morgan fingerprint density at radius 3 is 2.69 bits per heavy atom. The van der Waals surface area contributed by atoms with Gasteiger partial charge in [-0.25, -0.2) is 0 Å². The summed E-state index contributed by atoms with van der Waals surface area (Å²) >= 11 is 0. The summed E-state index contributed by atoms with van der Waals surface area (Å²) in [6.45, 7) is 1.94. The molecule has 0 radical (unpaired) electrons. The Kier molecular flexibility index (Phi) is 6.48. The van der Waals surface area contributed by atoms with Crippen molar-refractivity contribution in [1.29, 1.82) is 0 Å². The first-order chi connectivity index (χ1) is 6.11. The predicted octanol–water partition coefficient (Wildman–Crippen LogP) is -0.726. The van der Waals surface area contributed by atoms with E-state index in [1.165, 1.54) is 7.11 Å². The molecule has 0 aromatic carbocycles. The minimum absolute atomic E-state index is 0.116. The standard InChI is InChI=1S/C8H17NO4/c1-6(5-12-2)13-8(11)7(9)3-4-10/h6-7,10H,3-5,9H2,1-2H3/t6?,7-/m0/s1. The summed E-state index contributed by atoms with van der Waals surface area (Å²) in [4.78, 5) is 11.1. The van der Waals surface area contributed by atoms with Crippen molar-refractivity contribution in [3.63, 3.8) is 0 Å². The molecule has 2 atom stereocenters. The van der Waals surface area contributed by atoms with Crippen molar-refractivity contribution in [3.05, 3.63) is 0 Å². The number of aliphatic hydroxyl groups excluding tert-OH is 1. The number of rotatable bonds is 6. The van der Waals surface area contributed by atoms with Crippen LogP contribution in [0.4, 0.5) is 0 Å². The highest BCUT2D eigenvalue weighted by Gasteiger charge is 2.16. The highest BCUT2D eigenvalue weighted by atomic mass is 16.6. The number of carbonyl (C=O) groups is 1. The van der Waals surface area contributed by atoms with Gasteiger partial charge in [0.05, 0.1) is 6.61 Å². The smallest absolute Gasteiger partial charge is 0.323 e.